The third-order valence-electron chi connectivity index (χ3n) is 3.64. The monoisotopic (exact) mass is 283 g/mol. The SMILES string of the molecule is O=S(=O)(NCc1cccc(CO)c1)C1CCCCC1. The number of hydrogen-bond acceptors (Lipinski definition) is 3. The van der Waals surface area contributed by atoms with Crippen molar-refractivity contribution in [1.29, 1.82) is 0 Å². The molecule has 0 amide bonds. The van der Waals surface area contributed by atoms with Gasteiger partial charge in [-0.25, -0.2) is 13.1 Å². The van der Waals surface area contributed by atoms with E-state index in [1.165, 1.54) is 0 Å². The Bertz CT molecular complexity index is 507. The van der Waals surface area contributed by atoms with Crippen molar-refractivity contribution in [3.63, 3.8) is 0 Å². The van der Waals surface area contributed by atoms with Gasteiger partial charge in [0, 0.05) is 6.54 Å². The minimum Gasteiger partial charge on any atom is -0.392 e. The Hall–Kier alpha value is -0.910. The first-order valence-electron chi connectivity index (χ1n) is 6.79. The van der Waals surface area contributed by atoms with Crippen LogP contribution in [-0.2, 0) is 23.2 Å². The van der Waals surface area contributed by atoms with E-state index in [9.17, 15) is 8.42 Å². The molecule has 4 nitrogen and oxygen atoms in total. The molecule has 1 saturated carbocycles. The van der Waals surface area contributed by atoms with E-state index in [1.807, 2.05) is 24.3 Å². The van der Waals surface area contributed by atoms with E-state index in [0.717, 1.165) is 43.2 Å². The molecule has 0 saturated heterocycles. The molecule has 19 heavy (non-hydrogen) atoms. The molecule has 1 aromatic carbocycles. The number of nitrogens with one attached hydrogen (secondary N) is 1. The second kappa shape index (κ2) is 6.50. The van der Waals surface area contributed by atoms with Crippen molar-refractivity contribution in [3.8, 4) is 0 Å². The van der Waals surface area contributed by atoms with Crippen LogP contribution in [0.25, 0.3) is 0 Å². The van der Waals surface area contributed by atoms with Gasteiger partial charge in [0.15, 0.2) is 0 Å². The van der Waals surface area contributed by atoms with Gasteiger partial charge in [0.05, 0.1) is 11.9 Å². The van der Waals surface area contributed by atoms with Crippen molar-refractivity contribution >= 4 is 10.0 Å². The van der Waals surface area contributed by atoms with E-state index in [4.69, 9.17) is 5.11 Å². The first-order chi connectivity index (χ1) is 9.12. The van der Waals surface area contributed by atoms with Crippen molar-refractivity contribution < 1.29 is 13.5 Å². The predicted octanol–water partition coefficient (Wildman–Crippen LogP) is 1.93. The summed E-state index contributed by atoms with van der Waals surface area (Å²) in [5.74, 6) is 0. The highest BCUT2D eigenvalue weighted by molar-refractivity contribution is 7.90. The van der Waals surface area contributed by atoms with Gasteiger partial charge in [-0.3, -0.25) is 0 Å². The molecule has 1 aliphatic rings. The molecule has 0 atom stereocenters. The summed E-state index contributed by atoms with van der Waals surface area (Å²) in [5.41, 5.74) is 1.68. The molecule has 2 rings (SSSR count). The topological polar surface area (TPSA) is 66.4 Å². The number of benzene rings is 1. The molecule has 0 bridgehead atoms. The maximum Gasteiger partial charge on any atom is 0.214 e. The van der Waals surface area contributed by atoms with E-state index >= 15 is 0 Å². The second-order valence-corrected chi connectivity index (χ2v) is 7.15. The van der Waals surface area contributed by atoms with E-state index in [1.54, 1.807) is 0 Å². The average Bonchev–Trinajstić information content (AvgIpc) is 2.46. The lowest BCUT2D eigenvalue weighted by Crippen LogP contribution is -2.35. The van der Waals surface area contributed by atoms with Crippen LogP contribution in [0.3, 0.4) is 0 Å². The summed E-state index contributed by atoms with van der Waals surface area (Å²) >= 11 is 0. The summed E-state index contributed by atoms with van der Waals surface area (Å²) in [4.78, 5) is 0. The van der Waals surface area contributed by atoms with Crippen LogP contribution in [0.2, 0.25) is 0 Å². The standard InChI is InChI=1S/C14H21NO3S/c16-11-13-6-4-5-12(9-13)10-15-19(17,18)14-7-2-1-3-8-14/h4-6,9,14-16H,1-3,7-8,10-11H2. The average molecular weight is 283 g/mol. The Kier molecular flexibility index (Phi) is 4.96. The summed E-state index contributed by atoms with van der Waals surface area (Å²) < 4.78 is 27.0. The van der Waals surface area contributed by atoms with Crippen LogP contribution in [0.15, 0.2) is 24.3 Å². The van der Waals surface area contributed by atoms with Gasteiger partial charge in [0.25, 0.3) is 0 Å². The van der Waals surface area contributed by atoms with Crippen molar-refractivity contribution in [2.24, 2.45) is 0 Å². The first-order valence-corrected chi connectivity index (χ1v) is 8.33. The van der Waals surface area contributed by atoms with Gasteiger partial charge in [-0.2, -0.15) is 0 Å². The summed E-state index contributed by atoms with van der Waals surface area (Å²) in [7, 11) is -3.21. The molecule has 106 valence electrons. The lowest BCUT2D eigenvalue weighted by molar-refractivity contribution is 0.281. The van der Waals surface area contributed by atoms with Gasteiger partial charge in [-0.15, -0.1) is 0 Å². The fourth-order valence-corrected chi connectivity index (χ4v) is 4.07. The number of aliphatic hydroxyl groups is 1. The molecule has 1 fully saturated rings. The van der Waals surface area contributed by atoms with Gasteiger partial charge < -0.3 is 5.11 Å². The van der Waals surface area contributed by atoms with Crippen LogP contribution < -0.4 is 4.72 Å². The highest BCUT2D eigenvalue weighted by Crippen LogP contribution is 2.23. The van der Waals surface area contributed by atoms with Crippen LogP contribution >= 0.6 is 0 Å². The summed E-state index contributed by atoms with van der Waals surface area (Å²) in [6.45, 7) is 0.274. The minimum absolute atomic E-state index is 0.0246. The van der Waals surface area contributed by atoms with Gasteiger partial charge in [0.1, 0.15) is 0 Å². The van der Waals surface area contributed by atoms with Gasteiger partial charge in [-0.05, 0) is 24.0 Å². The lowest BCUT2D eigenvalue weighted by Gasteiger charge is -2.22. The van der Waals surface area contributed by atoms with Crippen LogP contribution in [0.5, 0.6) is 0 Å². The molecule has 0 heterocycles. The van der Waals surface area contributed by atoms with Crippen molar-refractivity contribution in [2.45, 2.75) is 50.5 Å². The molecule has 1 aliphatic carbocycles. The zero-order chi connectivity index (χ0) is 13.7. The highest BCUT2D eigenvalue weighted by Gasteiger charge is 2.26. The van der Waals surface area contributed by atoms with E-state index < -0.39 is 10.0 Å². The molecule has 0 unspecified atom stereocenters. The van der Waals surface area contributed by atoms with Crippen LogP contribution in [0, 0.1) is 0 Å². The Morgan fingerprint density at radius 3 is 2.53 bits per heavy atom. The molecule has 1 aromatic rings. The predicted molar refractivity (Wildman–Crippen MR) is 75.0 cm³/mol. The second-order valence-electron chi connectivity index (χ2n) is 5.10. The van der Waals surface area contributed by atoms with Gasteiger partial charge in [0.2, 0.25) is 10.0 Å². The third-order valence-corrected chi connectivity index (χ3v) is 5.54. The Balaban J connectivity index is 1.96. The van der Waals surface area contributed by atoms with Crippen LogP contribution in [-0.4, -0.2) is 18.8 Å². The molecule has 2 N–H and O–H groups in total. The third kappa shape index (κ3) is 4.03. The van der Waals surface area contributed by atoms with Crippen molar-refractivity contribution in [1.82, 2.24) is 4.72 Å². The smallest absolute Gasteiger partial charge is 0.214 e. The molecule has 0 radical (unpaired) electrons. The Morgan fingerprint density at radius 2 is 1.84 bits per heavy atom. The van der Waals surface area contributed by atoms with Crippen LogP contribution in [0.4, 0.5) is 0 Å². The Labute approximate surface area is 114 Å². The zero-order valence-corrected chi connectivity index (χ0v) is 11.8. The van der Waals surface area contributed by atoms with Gasteiger partial charge in [-0.1, -0.05) is 43.5 Å². The fraction of sp³-hybridized carbons (Fsp3) is 0.571. The normalized spacial score (nSPS) is 17.5. The zero-order valence-electron chi connectivity index (χ0n) is 11.0. The first kappa shape index (κ1) is 14.5. The van der Waals surface area contributed by atoms with Crippen LogP contribution in [0.1, 0.15) is 43.2 Å². The lowest BCUT2D eigenvalue weighted by atomic mass is 10.0. The number of sulfonamides is 1. The number of aliphatic hydroxyl groups excluding tert-OH is 1. The van der Waals surface area contributed by atoms with Crippen molar-refractivity contribution in [2.75, 3.05) is 0 Å². The molecular weight excluding hydrogens is 262 g/mol. The summed E-state index contributed by atoms with van der Waals surface area (Å²) in [6.07, 6.45) is 4.69. The maximum absolute atomic E-state index is 12.2. The number of rotatable bonds is 5. The number of hydrogen-bond donors (Lipinski definition) is 2. The molecule has 5 heteroatoms. The quantitative estimate of drug-likeness (QED) is 0.867. The summed E-state index contributed by atoms with van der Waals surface area (Å²) in [6, 6.07) is 7.33. The largest absolute Gasteiger partial charge is 0.392 e. The maximum atomic E-state index is 12.2. The van der Waals surface area contributed by atoms with E-state index in [2.05, 4.69) is 4.72 Å². The molecule has 0 aromatic heterocycles. The molecule has 0 aliphatic heterocycles. The van der Waals surface area contributed by atoms with Gasteiger partial charge >= 0.3 is 0 Å². The fourth-order valence-electron chi connectivity index (χ4n) is 2.52. The molecule has 0 spiro atoms. The summed E-state index contributed by atoms with van der Waals surface area (Å²) in [5, 5.41) is 8.82. The van der Waals surface area contributed by atoms with E-state index in [0.29, 0.717) is 6.54 Å². The van der Waals surface area contributed by atoms with E-state index in [-0.39, 0.29) is 11.9 Å². The minimum atomic E-state index is -3.21. The van der Waals surface area contributed by atoms with Crippen molar-refractivity contribution in [3.05, 3.63) is 35.4 Å². The highest BCUT2D eigenvalue weighted by atomic mass is 32.2. The Morgan fingerprint density at radius 1 is 1.16 bits per heavy atom. The molecular formula is C14H21NO3S.